The maximum atomic E-state index is 13.1. The Bertz CT molecular complexity index is 928. The lowest BCUT2D eigenvalue weighted by molar-refractivity contribution is 0.276. The molecule has 28 heavy (non-hydrogen) atoms. The largest absolute Gasteiger partial charge is 0.286 e. The third kappa shape index (κ3) is 5.27. The SMILES string of the molecule is CSC(=O)SC(CCC1CCC(c2ccccc2)=N1)S(=O)(=O)c1ccccc1. The highest BCUT2D eigenvalue weighted by atomic mass is 32.3. The first-order valence-corrected chi connectivity index (χ1v) is 12.8. The van der Waals surface area contributed by atoms with Crippen LogP contribution in [0.2, 0.25) is 0 Å². The van der Waals surface area contributed by atoms with Crippen LogP contribution in [0, 0.1) is 0 Å². The predicted molar refractivity (Wildman–Crippen MR) is 119 cm³/mol. The molecule has 2 aromatic rings. The molecule has 0 N–H and O–H groups in total. The molecule has 0 radical (unpaired) electrons. The molecule has 0 amide bonds. The highest BCUT2D eigenvalue weighted by Crippen LogP contribution is 2.33. The lowest BCUT2D eigenvalue weighted by Gasteiger charge is -2.17. The summed E-state index contributed by atoms with van der Waals surface area (Å²) in [7, 11) is -3.58. The van der Waals surface area contributed by atoms with Gasteiger partial charge in [0.25, 0.3) is 0 Å². The minimum absolute atomic E-state index is 0.105. The van der Waals surface area contributed by atoms with Gasteiger partial charge in [0.15, 0.2) is 9.84 Å². The summed E-state index contributed by atoms with van der Waals surface area (Å²) in [4.78, 5) is 17.0. The maximum Gasteiger partial charge on any atom is 0.247 e. The summed E-state index contributed by atoms with van der Waals surface area (Å²) in [6, 6.07) is 18.6. The third-order valence-corrected chi connectivity index (χ3v) is 9.43. The molecular formula is C21H23NO3S3. The van der Waals surface area contributed by atoms with Gasteiger partial charge in [-0.1, -0.05) is 72.1 Å². The van der Waals surface area contributed by atoms with E-state index in [1.807, 2.05) is 18.2 Å². The van der Waals surface area contributed by atoms with Crippen molar-refractivity contribution in [1.82, 2.24) is 0 Å². The average Bonchev–Trinajstić information content (AvgIpc) is 3.21. The Hall–Kier alpha value is -1.57. The summed E-state index contributed by atoms with van der Waals surface area (Å²) in [5.74, 6) is 0. The fourth-order valence-electron chi connectivity index (χ4n) is 3.23. The van der Waals surface area contributed by atoms with E-state index in [-0.39, 0.29) is 15.4 Å². The molecule has 1 aliphatic rings. The van der Waals surface area contributed by atoms with Gasteiger partial charge in [0.05, 0.1) is 10.9 Å². The van der Waals surface area contributed by atoms with Gasteiger partial charge in [-0.2, -0.15) is 0 Å². The molecule has 1 aliphatic heterocycles. The summed E-state index contributed by atoms with van der Waals surface area (Å²) < 4.78 is 25.1. The molecule has 2 aromatic carbocycles. The second kappa shape index (κ2) is 9.76. The van der Waals surface area contributed by atoms with Crippen LogP contribution < -0.4 is 0 Å². The summed E-state index contributed by atoms with van der Waals surface area (Å²) in [5, 5.41) is 0. The molecule has 4 nitrogen and oxygen atoms in total. The number of thioether (sulfide) groups is 2. The zero-order valence-electron chi connectivity index (χ0n) is 15.7. The topological polar surface area (TPSA) is 63.6 Å². The highest BCUT2D eigenvalue weighted by Gasteiger charge is 2.31. The normalized spacial score (nSPS) is 17.9. The zero-order chi connectivity index (χ0) is 20.0. The number of carbonyl (C=O) groups excluding carboxylic acids is 1. The lowest BCUT2D eigenvalue weighted by Crippen LogP contribution is -2.21. The van der Waals surface area contributed by atoms with Crippen molar-refractivity contribution in [3.05, 3.63) is 66.2 Å². The minimum Gasteiger partial charge on any atom is -0.286 e. The van der Waals surface area contributed by atoms with Crippen LogP contribution in [0.1, 0.15) is 31.2 Å². The van der Waals surface area contributed by atoms with Crippen molar-refractivity contribution in [2.45, 2.75) is 41.2 Å². The van der Waals surface area contributed by atoms with E-state index in [1.165, 1.54) is 0 Å². The molecule has 0 saturated carbocycles. The number of hydrogen-bond acceptors (Lipinski definition) is 6. The van der Waals surface area contributed by atoms with Gasteiger partial charge in [-0.3, -0.25) is 9.79 Å². The molecule has 7 heteroatoms. The van der Waals surface area contributed by atoms with Gasteiger partial charge >= 0.3 is 0 Å². The zero-order valence-corrected chi connectivity index (χ0v) is 18.1. The average molecular weight is 434 g/mol. The fourth-order valence-corrected chi connectivity index (χ4v) is 7.01. The first-order chi connectivity index (χ1) is 13.5. The Balaban J connectivity index is 1.72. The number of nitrogens with zero attached hydrogens (tertiary/aromatic N) is 1. The van der Waals surface area contributed by atoms with Crippen LogP contribution in [0.5, 0.6) is 0 Å². The van der Waals surface area contributed by atoms with E-state index in [9.17, 15) is 13.2 Å². The van der Waals surface area contributed by atoms with Crippen LogP contribution in [0.3, 0.4) is 0 Å². The van der Waals surface area contributed by atoms with Crippen molar-refractivity contribution >= 4 is 43.5 Å². The molecule has 0 spiro atoms. The van der Waals surface area contributed by atoms with Gasteiger partial charge in [-0.15, -0.1) is 0 Å². The molecule has 0 aliphatic carbocycles. The number of sulfone groups is 1. The second-order valence-corrected chi connectivity index (χ2v) is 11.2. The standard InChI is InChI=1S/C21H23NO3S3/c1-26-21(23)27-20(28(24,25)18-10-6-3-7-11-18)15-13-17-12-14-19(22-17)16-8-4-2-5-9-16/h2-11,17,20H,12-15H2,1H3. The van der Waals surface area contributed by atoms with E-state index >= 15 is 0 Å². The Morgan fingerprint density at radius 3 is 2.39 bits per heavy atom. The van der Waals surface area contributed by atoms with Crippen molar-refractivity contribution in [3.63, 3.8) is 0 Å². The van der Waals surface area contributed by atoms with E-state index in [0.29, 0.717) is 12.8 Å². The van der Waals surface area contributed by atoms with Crippen LogP contribution in [0.15, 0.2) is 70.6 Å². The van der Waals surface area contributed by atoms with Crippen molar-refractivity contribution < 1.29 is 13.2 Å². The molecular weight excluding hydrogens is 410 g/mol. The van der Waals surface area contributed by atoms with Crippen molar-refractivity contribution in [3.8, 4) is 0 Å². The lowest BCUT2D eigenvalue weighted by atomic mass is 10.1. The Labute approximate surface area is 175 Å². The first kappa shape index (κ1) is 21.1. The summed E-state index contributed by atoms with van der Waals surface area (Å²) in [6.45, 7) is 0. The van der Waals surface area contributed by atoms with Crippen molar-refractivity contribution in [2.75, 3.05) is 6.26 Å². The van der Waals surface area contributed by atoms with Gasteiger partial charge in [0.1, 0.15) is 4.58 Å². The van der Waals surface area contributed by atoms with Crippen LogP contribution in [0.25, 0.3) is 0 Å². The monoisotopic (exact) mass is 433 g/mol. The molecule has 2 unspecified atom stereocenters. The van der Waals surface area contributed by atoms with Gasteiger partial charge in [0.2, 0.25) is 4.45 Å². The molecule has 0 fully saturated rings. The van der Waals surface area contributed by atoms with Crippen LogP contribution in [-0.4, -0.2) is 35.5 Å². The Morgan fingerprint density at radius 2 is 1.75 bits per heavy atom. The number of benzene rings is 2. The molecule has 3 rings (SSSR count). The predicted octanol–water partition coefficient (Wildman–Crippen LogP) is 5.43. The third-order valence-electron chi connectivity index (χ3n) is 4.71. The summed E-state index contributed by atoms with van der Waals surface area (Å²) in [5.41, 5.74) is 2.21. The maximum absolute atomic E-state index is 13.1. The Morgan fingerprint density at radius 1 is 1.11 bits per heavy atom. The van der Waals surface area contributed by atoms with E-state index in [4.69, 9.17) is 4.99 Å². The van der Waals surface area contributed by atoms with Crippen LogP contribution in [0.4, 0.5) is 4.79 Å². The number of hydrogen-bond donors (Lipinski definition) is 0. The quantitative estimate of drug-likeness (QED) is 0.582. The van der Waals surface area contributed by atoms with Gasteiger partial charge < -0.3 is 0 Å². The summed E-state index contributed by atoms with van der Waals surface area (Å²) in [6.07, 6.45) is 4.56. The highest BCUT2D eigenvalue weighted by molar-refractivity contribution is 8.41. The van der Waals surface area contributed by atoms with E-state index < -0.39 is 14.4 Å². The van der Waals surface area contributed by atoms with Crippen LogP contribution in [-0.2, 0) is 9.84 Å². The molecule has 2 atom stereocenters. The minimum atomic E-state index is -3.58. The van der Waals surface area contributed by atoms with Crippen molar-refractivity contribution in [1.29, 1.82) is 0 Å². The first-order valence-electron chi connectivity index (χ1n) is 9.16. The van der Waals surface area contributed by atoms with Gasteiger partial charge in [-0.25, -0.2) is 8.42 Å². The molecule has 0 saturated heterocycles. The molecule has 148 valence electrons. The Kier molecular flexibility index (Phi) is 7.37. The number of carbonyl (C=O) groups is 1. The summed E-state index contributed by atoms with van der Waals surface area (Å²) >= 11 is 1.97. The van der Waals surface area contributed by atoms with Gasteiger partial charge in [0, 0.05) is 5.71 Å². The molecule has 0 aromatic heterocycles. The fraction of sp³-hybridized carbons (Fsp3) is 0.333. The molecule has 1 heterocycles. The van der Waals surface area contributed by atoms with E-state index in [2.05, 4.69) is 12.1 Å². The smallest absolute Gasteiger partial charge is 0.247 e. The number of aliphatic imine (C=N–C) groups is 1. The van der Waals surface area contributed by atoms with E-state index in [0.717, 1.165) is 47.6 Å². The second-order valence-electron chi connectivity index (χ2n) is 6.57. The van der Waals surface area contributed by atoms with Crippen LogP contribution >= 0.6 is 23.5 Å². The van der Waals surface area contributed by atoms with Gasteiger partial charge in [-0.05, 0) is 49.6 Å². The van der Waals surface area contributed by atoms with Crippen molar-refractivity contribution in [2.24, 2.45) is 4.99 Å². The number of rotatable bonds is 7. The van der Waals surface area contributed by atoms with E-state index in [1.54, 1.807) is 36.6 Å². The molecule has 0 bridgehead atoms.